The second-order valence-electron chi connectivity index (χ2n) is 3.83. The molecule has 0 aliphatic heterocycles. The van der Waals surface area contributed by atoms with Crippen LogP contribution in [0, 0.1) is 0 Å². The molecular formula is C12H14ClNO3S. The van der Waals surface area contributed by atoms with Gasteiger partial charge >= 0.3 is 0 Å². The summed E-state index contributed by atoms with van der Waals surface area (Å²) >= 11 is 7.38. The molecule has 0 aromatic carbocycles. The van der Waals surface area contributed by atoms with Crippen LogP contribution in [0.1, 0.15) is 16.7 Å². The molecule has 0 fully saturated rings. The van der Waals surface area contributed by atoms with E-state index in [4.69, 9.17) is 21.1 Å². The lowest BCUT2D eigenvalue weighted by molar-refractivity contribution is 0.0924. The standard InChI is InChI=1S/C12H14ClNO3S/c13-11-4-3-10(18-11)12(9-2-1-5-17-9)14-6-8(16)7-15/h1-5,8,12,14-16H,6-7H2. The van der Waals surface area contributed by atoms with Crippen LogP contribution in [0.3, 0.4) is 0 Å². The maximum Gasteiger partial charge on any atom is 0.126 e. The molecule has 2 heterocycles. The van der Waals surface area contributed by atoms with E-state index in [0.717, 1.165) is 10.6 Å². The molecule has 0 saturated heterocycles. The highest BCUT2D eigenvalue weighted by atomic mass is 35.5. The Kier molecular flexibility index (Phi) is 4.79. The van der Waals surface area contributed by atoms with Crippen LogP contribution in [0.5, 0.6) is 0 Å². The van der Waals surface area contributed by atoms with Crippen LogP contribution in [0.4, 0.5) is 0 Å². The van der Waals surface area contributed by atoms with E-state index in [1.54, 1.807) is 6.26 Å². The Morgan fingerprint density at radius 1 is 1.39 bits per heavy atom. The fourth-order valence-electron chi connectivity index (χ4n) is 1.60. The van der Waals surface area contributed by atoms with Crippen molar-refractivity contribution in [2.75, 3.05) is 13.2 Å². The normalized spacial score (nSPS) is 14.6. The molecule has 4 nitrogen and oxygen atoms in total. The van der Waals surface area contributed by atoms with E-state index >= 15 is 0 Å². The molecular weight excluding hydrogens is 274 g/mol. The first-order valence-electron chi connectivity index (χ1n) is 5.51. The van der Waals surface area contributed by atoms with Gasteiger partial charge in [-0.3, -0.25) is 0 Å². The van der Waals surface area contributed by atoms with Gasteiger partial charge in [-0.25, -0.2) is 0 Å². The monoisotopic (exact) mass is 287 g/mol. The molecule has 2 atom stereocenters. The van der Waals surface area contributed by atoms with Gasteiger partial charge in [0, 0.05) is 11.4 Å². The minimum Gasteiger partial charge on any atom is -0.467 e. The van der Waals surface area contributed by atoms with Crippen LogP contribution in [0.2, 0.25) is 4.34 Å². The highest BCUT2D eigenvalue weighted by molar-refractivity contribution is 7.16. The van der Waals surface area contributed by atoms with Gasteiger partial charge in [-0.1, -0.05) is 11.6 Å². The van der Waals surface area contributed by atoms with Crippen LogP contribution in [-0.2, 0) is 0 Å². The second-order valence-corrected chi connectivity index (χ2v) is 5.58. The minimum absolute atomic E-state index is 0.168. The summed E-state index contributed by atoms with van der Waals surface area (Å²) in [5, 5.41) is 21.4. The molecule has 2 unspecified atom stereocenters. The Morgan fingerprint density at radius 2 is 2.22 bits per heavy atom. The molecule has 2 rings (SSSR count). The van der Waals surface area contributed by atoms with Gasteiger partial charge in [-0.2, -0.15) is 0 Å². The highest BCUT2D eigenvalue weighted by Crippen LogP contribution is 2.31. The zero-order valence-electron chi connectivity index (χ0n) is 9.54. The van der Waals surface area contributed by atoms with E-state index in [9.17, 15) is 5.11 Å². The van der Waals surface area contributed by atoms with Crippen molar-refractivity contribution in [2.24, 2.45) is 0 Å². The second kappa shape index (κ2) is 6.36. The summed E-state index contributed by atoms with van der Waals surface area (Å²) in [5.41, 5.74) is 0. The lowest BCUT2D eigenvalue weighted by Gasteiger charge is -2.17. The van der Waals surface area contributed by atoms with Crippen molar-refractivity contribution in [2.45, 2.75) is 12.1 Å². The first kappa shape index (κ1) is 13.6. The van der Waals surface area contributed by atoms with Crippen molar-refractivity contribution in [1.29, 1.82) is 0 Å². The zero-order chi connectivity index (χ0) is 13.0. The molecule has 18 heavy (non-hydrogen) atoms. The number of aliphatic hydroxyl groups is 2. The first-order valence-corrected chi connectivity index (χ1v) is 6.71. The van der Waals surface area contributed by atoms with Crippen molar-refractivity contribution < 1.29 is 14.6 Å². The molecule has 6 heteroatoms. The Morgan fingerprint density at radius 3 is 2.78 bits per heavy atom. The number of rotatable bonds is 6. The van der Waals surface area contributed by atoms with Gasteiger partial charge in [0.15, 0.2) is 0 Å². The summed E-state index contributed by atoms with van der Waals surface area (Å²) in [6.45, 7) is 0.000453. The highest BCUT2D eigenvalue weighted by Gasteiger charge is 2.19. The number of hydrogen-bond donors (Lipinski definition) is 3. The van der Waals surface area contributed by atoms with E-state index in [-0.39, 0.29) is 19.2 Å². The fraction of sp³-hybridized carbons (Fsp3) is 0.333. The maximum atomic E-state index is 9.39. The lowest BCUT2D eigenvalue weighted by Crippen LogP contribution is -2.32. The van der Waals surface area contributed by atoms with Crippen molar-refractivity contribution in [3.63, 3.8) is 0 Å². The Balaban J connectivity index is 2.13. The molecule has 0 radical (unpaired) electrons. The average Bonchev–Trinajstić information content (AvgIpc) is 3.01. The number of halogens is 1. The predicted octanol–water partition coefficient (Wildman–Crippen LogP) is 2.03. The summed E-state index contributed by atoms with van der Waals surface area (Å²) in [6.07, 6.45) is 0.805. The Hall–Kier alpha value is -0.850. The quantitative estimate of drug-likeness (QED) is 0.760. The third kappa shape index (κ3) is 3.34. The van der Waals surface area contributed by atoms with Crippen LogP contribution in [-0.4, -0.2) is 29.5 Å². The summed E-state index contributed by atoms with van der Waals surface area (Å²) in [4.78, 5) is 1.00. The third-order valence-corrected chi connectivity index (χ3v) is 3.77. The van der Waals surface area contributed by atoms with Gasteiger partial charge in [0.1, 0.15) is 11.8 Å². The molecule has 2 aromatic heterocycles. The largest absolute Gasteiger partial charge is 0.467 e. The van der Waals surface area contributed by atoms with Gasteiger partial charge in [0.25, 0.3) is 0 Å². The van der Waals surface area contributed by atoms with Crippen molar-refractivity contribution in [3.8, 4) is 0 Å². The SMILES string of the molecule is OCC(O)CNC(c1ccco1)c1ccc(Cl)s1. The zero-order valence-corrected chi connectivity index (χ0v) is 11.1. The summed E-state index contributed by atoms with van der Waals surface area (Å²) < 4.78 is 6.08. The number of furan rings is 1. The smallest absolute Gasteiger partial charge is 0.126 e. The molecule has 3 N–H and O–H groups in total. The van der Waals surface area contributed by atoms with Gasteiger partial charge in [0.2, 0.25) is 0 Å². The summed E-state index contributed by atoms with van der Waals surface area (Å²) in [5.74, 6) is 0.749. The molecule has 0 bridgehead atoms. The van der Waals surface area contributed by atoms with E-state index in [2.05, 4.69) is 5.32 Å². The topological polar surface area (TPSA) is 65.6 Å². The third-order valence-electron chi connectivity index (χ3n) is 2.47. The van der Waals surface area contributed by atoms with E-state index in [1.807, 2.05) is 24.3 Å². The van der Waals surface area contributed by atoms with Gasteiger partial charge in [0.05, 0.1) is 23.3 Å². The van der Waals surface area contributed by atoms with Crippen molar-refractivity contribution >= 4 is 22.9 Å². The molecule has 2 aromatic rings. The van der Waals surface area contributed by atoms with Gasteiger partial charge in [-0.15, -0.1) is 11.3 Å². The number of thiophene rings is 1. The van der Waals surface area contributed by atoms with E-state index in [0.29, 0.717) is 4.34 Å². The molecule has 0 amide bonds. The molecule has 0 saturated carbocycles. The number of aliphatic hydroxyl groups excluding tert-OH is 2. The number of hydrogen-bond acceptors (Lipinski definition) is 5. The fourth-order valence-corrected chi connectivity index (χ4v) is 2.74. The molecule has 0 spiro atoms. The minimum atomic E-state index is -0.794. The van der Waals surface area contributed by atoms with Gasteiger partial charge in [-0.05, 0) is 24.3 Å². The summed E-state index contributed by atoms with van der Waals surface area (Å²) in [6, 6.07) is 7.23. The van der Waals surface area contributed by atoms with Crippen molar-refractivity contribution in [3.05, 3.63) is 45.5 Å². The van der Waals surface area contributed by atoms with Crippen LogP contribution in [0.15, 0.2) is 34.9 Å². The average molecular weight is 288 g/mol. The maximum absolute atomic E-state index is 9.39. The lowest BCUT2D eigenvalue weighted by atomic mass is 10.2. The Bertz CT molecular complexity index is 471. The summed E-state index contributed by atoms with van der Waals surface area (Å²) in [7, 11) is 0. The van der Waals surface area contributed by atoms with Gasteiger partial charge < -0.3 is 19.9 Å². The van der Waals surface area contributed by atoms with E-state index < -0.39 is 6.10 Å². The first-order chi connectivity index (χ1) is 8.70. The predicted molar refractivity (Wildman–Crippen MR) is 71.0 cm³/mol. The van der Waals surface area contributed by atoms with Crippen LogP contribution >= 0.6 is 22.9 Å². The Labute approximate surface area is 114 Å². The van der Waals surface area contributed by atoms with E-state index in [1.165, 1.54) is 11.3 Å². The van der Waals surface area contributed by atoms with Crippen molar-refractivity contribution in [1.82, 2.24) is 5.32 Å². The molecule has 0 aliphatic carbocycles. The van der Waals surface area contributed by atoms with Crippen LogP contribution in [0.25, 0.3) is 0 Å². The molecule has 0 aliphatic rings. The van der Waals surface area contributed by atoms with Crippen LogP contribution < -0.4 is 5.32 Å². The molecule has 98 valence electrons. The number of nitrogens with one attached hydrogen (secondary N) is 1.